The third-order valence-corrected chi connectivity index (χ3v) is 11.2. The molecule has 0 heterocycles. The average Bonchev–Trinajstić information content (AvgIpc) is 3.20. The molecular weight excluding hydrogens is 731 g/mol. The molecule has 0 N–H and O–H groups in total. The van der Waals surface area contributed by atoms with Gasteiger partial charge in [0, 0.05) is 25.7 Å². The molecule has 0 spiro atoms. The fourth-order valence-corrected chi connectivity index (χ4v) is 7.23. The summed E-state index contributed by atoms with van der Waals surface area (Å²) in [5.41, 5.74) is 0.112. The Bertz CT molecular complexity index is 1010. The van der Waals surface area contributed by atoms with Gasteiger partial charge < -0.3 is 23.8 Å². The predicted molar refractivity (Wildman–Crippen MR) is 239 cm³/mol. The number of hydrogen-bond acceptors (Lipinski definition) is 9. The summed E-state index contributed by atoms with van der Waals surface area (Å²) in [6, 6.07) is 0. The van der Waals surface area contributed by atoms with Crippen LogP contribution in [0, 0.1) is 17.3 Å². The Kier molecular flexibility index (Phi) is 36.0. The van der Waals surface area contributed by atoms with Gasteiger partial charge in [0.15, 0.2) is 0 Å². The Hall–Kier alpha value is -2.42. The first-order chi connectivity index (χ1) is 27.9. The molecule has 0 saturated heterocycles. The Morgan fingerprint density at radius 3 is 1.16 bits per heavy atom. The van der Waals surface area contributed by atoms with Crippen molar-refractivity contribution in [2.75, 3.05) is 47.1 Å². The standard InChI is InChI=1S/C49H91NO8/c1-9-14-19-23-27-42(6)28-24-21-20-22-25-33-45(51)55-38-49(39-56-46(52)34-26-35-50(7)8,40-57-47(53)36-43(29-15-10-2)30-16-11-3)41-58-48(54)37-44(31-17-12-4)32-18-13-5/h43-44H,6,9-41H2,1-5,7-8H3. The highest BCUT2D eigenvalue weighted by atomic mass is 16.6. The van der Waals surface area contributed by atoms with E-state index in [0.717, 1.165) is 122 Å². The van der Waals surface area contributed by atoms with E-state index in [2.05, 4.69) is 41.2 Å². The van der Waals surface area contributed by atoms with E-state index in [1.165, 1.54) is 31.3 Å². The van der Waals surface area contributed by atoms with E-state index in [4.69, 9.17) is 18.9 Å². The van der Waals surface area contributed by atoms with Gasteiger partial charge in [0.1, 0.15) is 31.8 Å². The van der Waals surface area contributed by atoms with Gasteiger partial charge in [-0.3, -0.25) is 19.2 Å². The van der Waals surface area contributed by atoms with Gasteiger partial charge in [0.25, 0.3) is 0 Å². The molecule has 340 valence electrons. The maximum absolute atomic E-state index is 13.4. The van der Waals surface area contributed by atoms with Crippen LogP contribution in [0.1, 0.15) is 214 Å². The first-order valence-corrected chi connectivity index (χ1v) is 23.9. The zero-order chi connectivity index (χ0) is 43.3. The molecule has 0 amide bonds. The van der Waals surface area contributed by atoms with Crippen molar-refractivity contribution < 1.29 is 38.1 Å². The molecule has 0 aromatic heterocycles. The molecule has 58 heavy (non-hydrogen) atoms. The van der Waals surface area contributed by atoms with Crippen LogP contribution >= 0.6 is 0 Å². The SMILES string of the molecule is C=C(CCCCCC)CCCCCCCC(=O)OCC(COC(=O)CCCN(C)C)(COC(=O)CC(CCCC)CCCC)COC(=O)CC(CCCC)CCCC. The summed E-state index contributed by atoms with van der Waals surface area (Å²) in [5, 5.41) is 0. The molecule has 0 aliphatic rings. The van der Waals surface area contributed by atoms with Crippen LogP contribution in [-0.4, -0.2) is 75.8 Å². The predicted octanol–water partition coefficient (Wildman–Crippen LogP) is 12.5. The fraction of sp³-hybridized carbons (Fsp3) is 0.878. The van der Waals surface area contributed by atoms with Crippen LogP contribution in [0.3, 0.4) is 0 Å². The highest BCUT2D eigenvalue weighted by molar-refractivity contribution is 5.71. The van der Waals surface area contributed by atoms with E-state index in [1.54, 1.807) is 0 Å². The molecule has 0 rings (SSSR count). The lowest BCUT2D eigenvalue weighted by Gasteiger charge is -2.32. The zero-order valence-corrected chi connectivity index (χ0v) is 38.9. The van der Waals surface area contributed by atoms with Crippen molar-refractivity contribution in [3.63, 3.8) is 0 Å². The van der Waals surface area contributed by atoms with Crippen LogP contribution < -0.4 is 0 Å². The highest BCUT2D eigenvalue weighted by Crippen LogP contribution is 2.27. The average molecular weight is 822 g/mol. The minimum atomic E-state index is -1.23. The zero-order valence-electron chi connectivity index (χ0n) is 38.9. The van der Waals surface area contributed by atoms with E-state index in [1.807, 2.05) is 19.0 Å². The van der Waals surface area contributed by atoms with E-state index in [0.29, 0.717) is 25.7 Å². The molecular formula is C49H91NO8. The van der Waals surface area contributed by atoms with Crippen molar-refractivity contribution >= 4 is 23.9 Å². The molecule has 0 unspecified atom stereocenters. The van der Waals surface area contributed by atoms with Crippen molar-refractivity contribution in [3.05, 3.63) is 12.2 Å². The number of unbranched alkanes of at least 4 members (excludes halogenated alkanes) is 11. The molecule has 0 aromatic rings. The van der Waals surface area contributed by atoms with Gasteiger partial charge in [-0.15, -0.1) is 0 Å². The third-order valence-electron chi connectivity index (χ3n) is 11.2. The number of ether oxygens (including phenoxy) is 4. The lowest BCUT2D eigenvalue weighted by molar-refractivity contribution is -0.171. The Balaban J connectivity index is 5.83. The first kappa shape index (κ1) is 55.6. The van der Waals surface area contributed by atoms with E-state index >= 15 is 0 Å². The summed E-state index contributed by atoms with van der Waals surface area (Å²) in [5.74, 6) is -0.979. The van der Waals surface area contributed by atoms with Crippen molar-refractivity contribution in [3.8, 4) is 0 Å². The molecule has 0 radical (unpaired) electrons. The molecule has 0 aliphatic heterocycles. The van der Waals surface area contributed by atoms with Gasteiger partial charge in [-0.2, -0.15) is 0 Å². The van der Waals surface area contributed by atoms with Crippen LogP contribution in [0.15, 0.2) is 12.2 Å². The largest absolute Gasteiger partial charge is 0.465 e. The van der Waals surface area contributed by atoms with Crippen molar-refractivity contribution in [1.29, 1.82) is 0 Å². The van der Waals surface area contributed by atoms with Crippen molar-refractivity contribution in [2.24, 2.45) is 17.3 Å². The second-order valence-corrected chi connectivity index (χ2v) is 17.6. The number of carbonyl (C=O) groups is 4. The fourth-order valence-electron chi connectivity index (χ4n) is 7.23. The van der Waals surface area contributed by atoms with Gasteiger partial charge in [-0.1, -0.05) is 137 Å². The van der Waals surface area contributed by atoms with E-state index < -0.39 is 11.4 Å². The van der Waals surface area contributed by atoms with E-state index in [9.17, 15) is 19.2 Å². The lowest BCUT2D eigenvalue weighted by atomic mass is 9.91. The van der Waals surface area contributed by atoms with Gasteiger partial charge in [0.05, 0.1) is 0 Å². The monoisotopic (exact) mass is 822 g/mol. The lowest BCUT2D eigenvalue weighted by Crippen LogP contribution is -2.44. The molecule has 0 saturated carbocycles. The Morgan fingerprint density at radius 2 is 0.776 bits per heavy atom. The maximum Gasteiger partial charge on any atom is 0.306 e. The molecule has 0 aromatic carbocycles. The summed E-state index contributed by atoms with van der Waals surface area (Å²) in [6.45, 7) is 15.1. The number of rotatable bonds is 41. The second kappa shape index (κ2) is 37.6. The topological polar surface area (TPSA) is 108 Å². The highest BCUT2D eigenvalue weighted by Gasteiger charge is 2.38. The number of carbonyl (C=O) groups excluding carboxylic acids is 4. The molecule has 9 nitrogen and oxygen atoms in total. The van der Waals surface area contributed by atoms with Gasteiger partial charge in [-0.25, -0.2) is 0 Å². The number of esters is 4. The van der Waals surface area contributed by atoms with Gasteiger partial charge in [0.2, 0.25) is 0 Å². The number of allylic oxidation sites excluding steroid dienone is 1. The quantitative estimate of drug-likeness (QED) is 0.0258. The van der Waals surface area contributed by atoms with Crippen LogP contribution in [0.25, 0.3) is 0 Å². The minimum Gasteiger partial charge on any atom is -0.465 e. The molecule has 9 heteroatoms. The Labute approximate surface area is 356 Å². The van der Waals surface area contributed by atoms with Crippen molar-refractivity contribution in [1.82, 2.24) is 4.90 Å². The van der Waals surface area contributed by atoms with Gasteiger partial charge >= 0.3 is 23.9 Å². The normalized spacial score (nSPS) is 11.7. The maximum atomic E-state index is 13.4. The smallest absolute Gasteiger partial charge is 0.306 e. The minimum absolute atomic E-state index is 0.190. The molecule has 0 aliphatic carbocycles. The Morgan fingerprint density at radius 1 is 0.448 bits per heavy atom. The van der Waals surface area contributed by atoms with E-state index in [-0.39, 0.29) is 69.0 Å². The van der Waals surface area contributed by atoms with Crippen LogP contribution in [-0.2, 0) is 38.1 Å². The number of nitrogens with zero attached hydrogens (tertiary/aromatic N) is 1. The second-order valence-electron chi connectivity index (χ2n) is 17.6. The number of hydrogen-bond donors (Lipinski definition) is 0. The van der Waals surface area contributed by atoms with Gasteiger partial charge in [-0.05, 0) is 96.7 Å². The van der Waals surface area contributed by atoms with Crippen molar-refractivity contribution in [2.45, 2.75) is 214 Å². The van der Waals surface area contributed by atoms with Crippen LogP contribution in [0.5, 0.6) is 0 Å². The summed E-state index contributed by atoms with van der Waals surface area (Å²) in [4.78, 5) is 54.9. The summed E-state index contributed by atoms with van der Waals surface area (Å²) >= 11 is 0. The molecule has 0 bridgehead atoms. The molecule has 0 fully saturated rings. The van der Waals surface area contributed by atoms with Crippen LogP contribution in [0.2, 0.25) is 0 Å². The van der Waals surface area contributed by atoms with Crippen LogP contribution in [0.4, 0.5) is 0 Å². The first-order valence-electron chi connectivity index (χ1n) is 23.9. The summed E-state index contributed by atoms with van der Waals surface area (Å²) in [7, 11) is 3.90. The molecule has 0 atom stereocenters. The summed E-state index contributed by atoms with van der Waals surface area (Å²) < 4.78 is 23.6. The summed E-state index contributed by atoms with van der Waals surface area (Å²) in [6.07, 6.45) is 26.1. The third kappa shape index (κ3) is 32.4.